The molecule has 0 aliphatic heterocycles. The van der Waals surface area contributed by atoms with Crippen LogP contribution in [0.25, 0.3) is 0 Å². The minimum Gasteiger partial charge on any atom is -0.495 e. The fourth-order valence-corrected chi connectivity index (χ4v) is 2.00. The van der Waals surface area contributed by atoms with E-state index in [-0.39, 0.29) is 5.82 Å². The quantitative estimate of drug-likeness (QED) is 0.514. The number of anilines is 1. The van der Waals surface area contributed by atoms with E-state index in [0.717, 1.165) is 5.69 Å². The van der Waals surface area contributed by atoms with Gasteiger partial charge in [0.1, 0.15) is 11.6 Å². The number of thiocarbonyl (C=S) groups is 1. The lowest BCUT2D eigenvalue weighted by Crippen LogP contribution is -2.25. The van der Waals surface area contributed by atoms with E-state index in [0.29, 0.717) is 22.1 Å². The summed E-state index contributed by atoms with van der Waals surface area (Å²) in [4.78, 5) is 0. The van der Waals surface area contributed by atoms with Crippen LogP contribution in [0.2, 0.25) is 0 Å². The van der Waals surface area contributed by atoms with Gasteiger partial charge in [-0.25, -0.2) is 4.39 Å². The molecule has 114 valence electrons. The summed E-state index contributed by atoms with van der Waals surface area (Å²) < 4.78 is 18.9. The summed E-state index contributed by atoms with van der Waals surface area (Å²) in [5.74, 6) is 0.343. The largest absolute Gasteiger partial charge is 0.495 e. The van der Waals surface area contributed by atoms with Crippen LogP contribution in [-0.2, 0) is 0 Å². The zero-order valence-electron chi connectivity index (χ0n) is 12.3. The van der Waals surface area contributed by atoms with Crippen molar-refractivity contribution in [1.82, 2.24) is 5.43 Å². The molecule has 0 unspecified atom stereocenters. The third-order valence-electron chi connectivity index (χ3n) is 2.94. The van der Waals surface area contributed by atoms with Gasteiger partial charge in [0, 0.05) is 5.56 Å². The number of halogens is 1. The second-order valence-corrected chi connectivity index (χ2v) is 4.85. The minimum atomic E-state index is -0.325. The molecule has 0 spiro atoms. The molecular formula is C16H16FN3OS. The van der Waals surface area contributed by atoms with Gasteiger partial charge in [-0.05, 0) is 37.3 Å². The fraction of sp³-hybridized carbons (Fsp3) is 0.125. The van der Waals surface area contributed by atoms with E-state index in [2.05, 4.69) is 15.8 Å². The predicted molar refractivity (Wildman–Crippen MR) is 91.0 cm³/mol. The van der Waals surface area contributed by atoms with Crippen molar-refractivity contribution in [2.24, 2.45) is 5.10 Å². The molecule has 0 aliphatic carbocycles. The van der Waals surface area contributed by atoms with E-state index in [1.807, 2.05) is 24.3 Å². The van der Waals surface area contributed by atoms with Gasteiger partial charge in [-0.1, -0.05) is 30.3 Å². The van der Waals surface area contributed by atoms with Crippen molar-refractivity contribution in [3.8, 4) is 5.75 Å². The maximum Gasteiger partial charge on any atom is 0.191 e. The van der Waals surface area contributed by atoms with Crippen LogP contribution >= 0.6 is 12.2 Å². The van der Waals surface area contributed by atoms with E-state index in [4.69, 9.17) is 17.0 Å². The first-order valence-electron chi connectivity index (χ1n) is 6.61. The third-order valence-corrected chi connectivity index (χ3v) is 3.14. The highest BCUT2D eigenvalue weighted by Crippen LogP contribution is 2.22. The zero-order valence-corrected chi connectivity index (χ0v) is 13.1. The molecule has 2 N–H and O–H groups in total. The number of nitrogens with zero attached hydrogens (tertiary/aromatic N) is 1. The number of benzene rings is 2. The molecule has 0 atom stereocenters. The number of ether oxygens (including phenoxy) is 1. The molecule has 0 bridgehead atoms. The summed E-state index contributed by atoms with van der Waals surface area (Å²) >= 11 is 5.17. The van der Waals surface area contributed by atoms with Gasteiger partial charge in [0.05, 0.1) is 18.5 Å². The molecule has 0 saturated carbocycles. The zero-order chi connectivity index (χ0) is 15.9. The first kappa shape index (κ1) is 15.9. The monoisotopic (exact) mass is 317 g/mol. The van der Waals surface area contributed by atoms with E-state index >= 15 is 0 Å². The van der Waals surface area contributed by atoms with Crippen LogP contribution in [0, 0.1) is 5.82 Å². The molecule has 0 saturated heterocycles. The number of methoxy groups -OCH3 is 1. The summed E-state index contributed by atoms with van der Waals surface area (Å²) in [5.41, 5.74) is 4.35. The molecule has 0 radical (unpaired) electrons. The van der Waals surface area contributed by atoms with Crippen LogP contribution in [0.3, 0.4) is 0 Å². The summed E-state index contributed by atoms with van der Waals surface area (Å²) in [6.07, 6.45) is 0. The van der Waals surface area contributed by atoms with Gasteiger partial charge in [0.25, 0.3) is 0 Å². The Morgan fingerprint density at radius 1 is 1.14 bits per heavy atom. The molecule has 2 aromatic rings. The summed E-state index contributed by atoms with van der Waals surface area (Å²) in [6, 6.07) is 13.8. The van der Waals surface area contributed by atoms with Crippen molar-refractivity contribution < 1.29 is 9.13 Å². The maximum absolute atomic E-state index is 13.6. The van der Waals surface area contributed by atoms with Crippen LogP contribution in [0.15, 0.2) is 53.6 Å². The van der Waals surface area contributed by atoms with Crippen LogP contribution < -0.4 is 15.5 Å². The third kappa shape index (κ3) is 4.02. The first-order valence-corrected chi connectivity index (χ1v) is 7.02. The number of hydrogen-bond donors (Lipinski definition) is 2. The Bertz CT molecular complexity index is 703. The Morgan fingerprint density at radius 3 is 2.55 bits per heavy atom. The van der Waals surface area contributed by atoms with Crippen molar-refractivity contribution in [2.45, 2.75) is 6.92 Å². The standard InChI is InChI=1S/C16H16FN3OS/c1-11(12-7-3-4-8-13(12)17)19-20-16(22)18-14-9-5-6-10-15(14)21-2/h3-10H,1-2H3,(H2,18,20,22)/b19-11-. The van der Waals surface area contributed by atoms with Crippen molar-refractivity contribution in [2.75, 3.05) is 12.4 Å². The predicted octanol–water partition coefficient (Wildman–Crippen LogP) is 3.54. The van der Waals surface area contributed by atoms with Gasteiger partial charge in [0.15, 0.2) is 5.11 Å². The number of rotatable bonds is 4. The summed E-state index contributed by atoms with van der Waals surface area (Å²) in [5, 5.41) is 7.36. The Labute approximate surface area is 134 Å². The summed E-state index contributed by atoms with van der Waals surface area (Å²) in [6.45, 7) is 1.71. The van der Waals surface area contributed by atoms with Crippen molar-refractivity contribution >= 4 is 28.7 Å². The molecule has 0 aliphatic rings. The lowest BCUT2D eigenvalue weighted by Gasteiger charge is -2.11. The van der Waals surface area contributed by atoms with Crippen LogP contribution in [0.5, 0.6) is 5.75 Å². The van der Waals surface area contributed by atoms with E-state index < -0.39 is 0 Å². The molecule has 0 aromatic heterocycles. The lowest BCUT2D eigenvalue weighted by atomic mass is 10.1. The molecule has 22 heavy (non-hydrogen) atoms. The molecule has 4 nitrogen and oxygen atoms in total. The highest BCUT2D eigenvalue weighted by molar-refractivity contribution is 7.80. The Morgan fingerprint density at radius 2 is 1.82 bits per heavy atom. The van der Waals surface area contributed by atoms with Crippen LogP contribution in [-0.4, -0.2) is 17.9 Å². The van der Waals surface area contributed by atoms with Gasteiger partial charge in [0.2, 0.25) is 0 Å². The number of hydrazone groups is 1. The molecule has 0 fully saturated rings. The van der Waals surface area contributed by atoms with Crippen LogP contribution in [0.4, 0.5) is 10.1 Å². The average molecular weight is 317 g/mol. The van der Waals surface area contributed by atoms with Crippen molar-refractivity contribution in [3.63, 3.8) is 0 Å². The van der Waals surface area contributed by atoms with Gasteiger partial charge in [-0.15, -0.1) is 0 Å². The summed E-state index contributed by atoms with van der Waals surface area (Å²) in [7, 11) is 1.58. The van der Waals surface area contributed by atoms with E-state index in [9.17, 15) is 4.39 Å². The van der Waals surface area contributed by atoms with Crippen molar-refractivity contribution in [3.05, 3.63) is 59.9 Å². The number of hydrogen-bond acceptors (Lipinski definition) is 3. The fourth-order valence-electron chi connectivity index (χ4n) is 1.85. The average Bonchev–Trinajstić information content (AvgIpc) is 2.53. The molecule has 6 heteroatoms. The molecule has 0 amide bonds. The van der Waals surface area contributed by atoms with Gasteiger partial charge in [-0.3, -0.25) is 5.43 Å². The maximum atomic E-state index is 13.6. The van der Waals surface area contributed by atoms with Gasteiger partial charge >= 0.3 is 0 Å². The smallest absolute Gasteiger partial charge is 0.191 e. The molecule has 2 aromatic carbocycles. The molecular weight excluding hydrogens is 301 g/mol. The lowest BCUT2D eigenvalue weighted by molar-refractivity contribution is 0.417. The Balaban J connectivity index is 2.03. The highest BCUT2D eigenvalue weighted by Gasteiger charge is 2.05. The number of nitrogens with one attached hydrogen (secondary N) is 2. The topological polar surface area (TPSA) is 45.6 Å². The Kier molecular flexibility index (Phi) is 5.43. The van der Waals surface area contributed by atoms with E-state index in [1.165, 1.54) is 6.07 Å². The van der Waals surface area contributed by atoms with Gasteiger partial charge in [-0.2, -0.15) is 5.10 Å². The van der Waals surface area contributed by atoms with Crippen LogP contribution in [0.1, 0.15) is 12.5 Å². The molecule has 2 rings (SSSR count). The van der Waals surface area contributed by atoms with Gasteiger partial charge < -0.3 is 10.1 Å². The SMILES string of the molecule is COc1ccccc1NC(=S)N/N=C(/C)c1ccccc1F. The minimum absolute atomic E-state index is 0.292. The van der Waals surface area contributed by atoms with Crippen molar-refractivity contribution in [1.29, 1.82) is 0 Å². The highest BCUT2D eigenvalue weighted by atomic mass is 32.1. The second kappa shape index (κ2) is 7.51. The Hall–Kier alpha value is -2.47. The first-order chi connectivity index (χ1) is 10.6. The van der Waals surface area contributed by atoms with E-state index in [1.54, 1.807) is 32.2 Å². The second-order valence-electron chi connectivity index (χ2n) is 4.44. The normalized spacial score (nSPS) is 11.0. The number of para-hydroxylation sites is 2. The molecule has 0 heterocycles.